The molecule has 41 heavy (non-hydrogen) atoms. The van der Waals surface area contributed by atoms with Gasteiger partial charge in [-0.3, -0.25) is 14.4 Å². The Morgan fingerprint density at radius 3 is 2.17 bits per heavy atom. The Bertz CT molecular complexity index is 1550. The van der Waals surface area contributed by atoms with Gasteiger partial charge in [-0.25, -0.2) is 8.78 Å². The summed E-state index contributed by atoms with van der Waals surface area (Å²) in [6, 6.07) is 10.0. The number of alkyl halides is 4. The molecule has 1 fully saturated rings. The lowest BCUT2D eigenvalue weighted by molar-refractivity contribution is -0.128. The van der Waals surface area contributed by atoms with Gasteiger partial charge in [0.25, 0.3) is 11.8 Å². The first-order valence-corrected chi connectivity index (χ1v) is 13.3. The quantitative estimate of drug-likeness (QED) is 0.198. The molecule has 0 bridgehead atoms. The number of hydrogen-bond donors (Lipinski definition) is 2. The summed E-state index contributed by atoms with van der Waals surface area (Å²) in [5, 5.41) is 5.30. The van der Waals surface area contributed by atoms with E-state index in [1.165, 1.54) is 24.3 Å². The molecule has 6 nitrogen and oxygen atoms in total. The number of benzene rings is 3. The molecule has 1 saturated carbocycles. The minimum Gasteiger partial charge on any atom is -0.326 e. The first-order chi connectivity index (χ1) is 19.1. The summed E-state index contributed by atoms with van der Waals surface area (Å²) in [4.78, 5) is 37.7. The van der Waals surface area contributed by atoms with Crippen LogP contribution in [0.4, 0.5) is 34.6 Å². The Morgan fingerprint density at radius 2 is 1.56 bits per heavy atom. The van der Waals surface area contributed by atoms with Crippen LogP contribution >= 0.6 is 58.0 Å². The van der Waals surface area contributed by atoms with E-state index in [0.717, 1.165) is 13.1 Å². The smallest absolute Gasteiger partial charge is 0.316 e. The van der Waals surface area contributed by atoms with E-state index in [9.17, 15) is 27.6 Å². The van der Waals surface area contributed by atoms with Crippen LogP contribution in [0.3, 0.4) is 0 Å². The molecule has 2 atom stereocenters. The Balaban J connectivity index is 1.54. The van der Waals surface area contributed by atoms with Crippen molar-refractivity contribution in [2.45, 2.75) is 16.7 Å². The molecule has 3 aromatic rings. The molecule has 0 unspecified atom stereocenters. The molecule has 0 aromatic heterocycles. The number of anilines is 3. The van der Waals surface area contributed by atoms with Crippen LogP contribution in [0.2, 0.25) is 15.1 Å². The van der Waals surface area contributed by atoms with Gasteiger partial charge in [-0.15, -0.1) is 23.2 Å². The van der Waals surface area contributed by atoms with E-state index in [4.69, 9.17) is 58.0 Å². The summed E-state index contributed by atoms with van der Waals surface area (Å²) in [6.45, 7) is 0. The van der Waals surface area contributed by atoms with Crippen molar-refractivity contribution in [3.63, 3.8) is 0 Å². The highest BCUT2D eigenvalue weighted by Gasteiger charge is 2.67. The summed E-state index contributed by atoms with van der Waals surface area (Å²) in [7, 11) is 0.756. The van der Waals surface area contributed by atoms with Crippen LogP contribution in [0, 0.1) is 17.6 Å². The zero-order valence-electron chi connectivity index (χ0n) is 20.4. The van der Waals surface area contributed by atoms with Crippen LogP contribution in [0.5, 0.6) is 0 Å². The van der Waals surface area contributed by atoms with Gasteiger partial charge in [-0.1, -0.05) is 34.8 Å². The molecule has 0 aliphatic heterocycles. The van der Waals surface area contributed by atoms with Crippen molar-refractivity contribution >= 4 is 92.8 Å². The number of carbonyl (C=O) groups is 3. The molecule has 2 N–H and O–H groups in total. The van der Waals surface area contributed by atoms with E-state index in [1.54, 1.807) is 12.1 Å². The third-order valence-corrected chi connectivity index (χ3v) is 7.93. The number of rotatable bonds is 7. The topological polar surface area (TPSA) is 78.5 Å². The second-order valence-corrected chi connectivity index (χ2v) is 11.7. The summed E-state index contributed by atoms with van der Waals surface area (Å²) in [5.41, 5.74) is -1.30. The summed E-state index contributed by atoms with van der Waals surface area (Å²) >= 11 is 31.0. The van der Waals surface area contributed by atoms with Crippen LogP contribution in [-0.2, 0) is 9.59 Å². The van der Waals surface area contributed by atoms with Crippen molar-refractivity contribution in [3.05, 3.63) is 86.4 Å². The molecule has 1 aliphatic carbocycles. The molecule has 0 spiro atoms. The molecule has 1 aliphatic rings. The van der Waals surface area contributed by atoms with Crippen molar-refractivity contribution in [2.24, 2.45) is 5.92 Å². The van der Waals surface area contributed by atoms with Crippen LogP contribution in [-0.4, -0.2) is 35.5 Å². The lowest BCUT2D eigenvalue weighted by Gasteiger charge is -2.20. The zero-order chi connectivity index (χ0) is 30.4. The summed E-state index contributed by atoms with van der Waals surface area (Å²) in [6.07, 6.45) is -3.52. The Kier molecular flexibility index (Phi) is 9.01. The normalized spacial score (nSPS) is 17.2. The van der Waals surface area contributed by atoms with Crippen LogP contribution < -0.4 is 15.5 Å². The third-order valence-electron chi connectivity index (χ3n) is 6.23. The second-order valence-electron chi connectivity index (χ2n) is 8.93. The average Bonchev–Trinajstić information content (AvgIpc) is 3.47. The molecule has 216 valence electrons. The summed E-state index contributed by atoms with van der Waals surface area (Å²) in [5.74, 6) is -7.77. The second kappa shape index (κ2) is 11.9. The Morgan fingerprint density at radius 1 is 0.927 bits per heavy atom. The van der Waals surface area contributed by atoms with Crippen LogP contribution in [0.25, 0.3) is 0 Å². The van der Waals surface area contributed by atoms with Crippen LogP contribution in [0.1, 0.15) is 21.8 Å². The van der Waals surface area contributed by atoms with Gasteiger partial charge in [0.15, 0.2) is 5.82 Å². The number of halogens is 9. The maximum absolute atomic E-state index is 15.0. The van der Waals surface area contributed by atoms with Gasteiger partial charge in [0.1, 0.15) is 15.8 Å². The Hall–Kier alpha value is -2.76. The third kappa shape index (κ3) is 6.36. The largest absolute Gasteiger partial charge is 0.326 e. The molecule has 3 aromatic carbocycles. The highest BCUT2D eigenvalue weighted by molar-refractivity contribution is 6.53. The van der Waals surface area contributed by atoms with E-state index in [-0.39, 0.29) is 21.2 Å². The van der Waals surface area contributed by atoms with E-state index in [1.807, 2.05) is 0 Å². The highest BCUT2D eigenvalue weighted by atomic mass is 35.5. The first kappa shape index (κ1) is 31.2. The minimum absolute atomic E-state index is 0.102. The molecule has 0 saturated heterocycles. The van der Waals surface area contributed by atoms with E-state index in [2.05, 4.69) is 10.6 Å². The fourth-order valence-corrected chi connectivity index (χ4v) is 5.79. The zero-order valence-corrected chi connectivity index (χ0v) is 24.2. The molecule has 0 radical (unpaired) electrons. The summed E-state index contributed by atoms with van der Waals surface area (Å²) < 4.78 is 53.3. The van der Waals surface area contributed by atoms with Crippen molar-refractivity contribution in [2.75, 3.05) is 22.6 Å². The van der Waals surface area contributed by atoms with E-state index in [0.29, 0.717) is 21.7 Å². The average molecular weight is 672 g/mol. The van der Waals surface area contributed by atoms with Gasteiger partial charge in [0.2, 0.25) is 5.91 Å². The fraction of sp³-hybridized carbons (Fsp3) is 0.192. The highest BCUT2D eigenvalue weighted by Crippen LogP contribution is 2.65. The first-order valence-electron chi connectivity index (χ1n) is 11.4. The van der Waals surface area contributed by atoms with E-state index >= 15 is 4.39 Å². The van der Waals surface area contributed by atoms with Crippen molar-refractivity contribution in [3.8, 4) is 0 Å². The molecular formula is C26H16Cl5F4N3O3. The maximum Gasteiger partial charge on any atom is 0.316 e. The van der Waals surface area contributed by atoms with Gasteiger partial charge < -0.3 is 15.5 Å². The van der Waals surface area contributed by atoms with Crippen molar-refractivity contribution < 1.29 is 31.9 Å². The van der Waals surface area contributed by atoms with Gasteiger partial charge in [0.05, 0.1) is 22.2 Å². The molecule has 0 heterocycles. The molecule has 4 rings (SSSR count). The van der Waals surface area contributed by atoms with Gasteiger partial charge >= 0.3 is 6.43 Å². The fourth-order valence-electron chi connectivity index (χ4n) is 4.21. The number of carbonyl (C=O) groups excluding carboxylic acids is 3. The van der Waals surface area contributed by atoms with Gasteiger partial charge in [0, 0.05) is 28.7 Å². The number of nitrogens with one attached hydrogen (secondary N) is 2. The van der Waals surface area contributed by atoms with Gasteiger partial charge in [-0.05, 0) is 54.1 Å². The number of nitrogens with zero attached hydrogens (tertiary/aromatic N) is 1. The molecule has 15 heteroatoms. The van der Waals surface area contributed by atoms with Crippen molar-refractivity contribution in [1.82, 2.24) is 0 Å². The SMILES string of the molecule is CN(C(=O)C(F)F)c1c(F)ccc(NC(=O)c2cc(NC(=O)[C@H]3[C@H](c4cc(Cl)cc(Cl)c4)C3(Cl)Cl)ccc2Cl)c1F. The predicted molar refractivity (Wildman–Crippen MR) is 151 cm³/mol. The standard InChI is InChI=1S/C26H16Cl5F4N3O3/c1-38(25(41)22(34)35)21-16(32)4-5-17(20(21)33)37-23(39)14-9-13(2-3-15(14)29)36-24(40)19-18(26(19,30)31)10-6-11(27)8-12(28)7-10/h2-9,18-19,22H,1H3,(H,36,40)(H,37,39)/t18-,19+/m0/s1. The van der Waals surface area contributed by atoms with Crippen LogP contribution in [0.15, 0.2) is 48.5 Å². The molecule has 3 amide bonds. The lowest BCUT2D eigenvalue weighted by atomic mass is 10.1. The predicted octanol–water partition coefficient (Wildman–Crippen LogP) is 7.93. The van der Waals surface area contributed by atoms with Gasteiger partial charge in [-0.2, -0.15) is 8.78 Å². The lowest BCUT2D eigenvalue weighted by Crippen LogP contribution is -2.33. The number of amides is 3. The minimum atomic E-state index is -3.52. The maximum atomic E-state index is 15.0. The Labute approximate surface area is 255 Å². The molecular weight excluding hydrogens is 656 g/mol. The van der Waals surface area contributed by atoms with E-state index < -0.39 is 63.3 Å². The van der Waals surface area contributed by atoms with Crippen molar-refractivity contribution in [1.29, 1.82) is 0 Å². The number of hydrogen-bond acceptors (Lipinski definition) is 3. The monoisotopic (exact) mass is 669 g/mol.